The van der Waals surface area contributed by atoms with Crippen LogP contribution in [0.1, 0.15) is 43.7 Å². The maximum atomic E-state index is 9.70. The van der Waals surface area contributed by atoms with E-state index >= 15 is 0 Å². The van der Waals surface area contributed by atoms with E-state index in [1.165, 1.54) is 52.1 Å². The first-order chi connectivity index (χ1) is 9.68. The zero-order valence-corrected chi connectivity index (χ0v) is 12.7. The van der Waals surface area contributed by atoms with Gasteiger partial charge < -0.3 is 10.6 Å². The second-order valence-electron chi connectivity index (χ2n) is 5.85. The highest BCUT2D eigenvalue weighted by Gasteiger charge is 2.36. The predicted molar refractivity (Wildman–Crippen MR) is 82.9 cm³/mol. The Morgan fingerprint density at radius 1 is 1.20 bits per heavy atom. The summed E-state index contributed by atoms with van der Waals surface area (Å²) in [6.07, 6.45) is 6.77. The number of aryl methyl sites for hydroxylation is 1. The number of amides is 1. The van der Waals surface area contributed by atoms with Gasteiger partial charge in [-0.1, -0.05) is 24.3 Å². The first-order valence-electron chi connectivity index (χ1n) is 7.65. The van der Waals surface area contributed by atoms with Gasteiger partial charge in [-0.15, -0.1) is 0 Å². The van der Waals surface area contributed by atoms with E-state index in [9.17, 15) is 4.79 Å². The Hall–Kier alpha value is -1.35. The van der Waals surface area contributed by atoms with Crippen molar-refractivity contribution in [2.24, 2.45) is 0 Å². The number of nitrogens with one attached hydrogen (secondary N) is 2. The van der Waals surface area contributed by atoms with Crippen LogP contribution in [0, 0.1) is 0 Å². The molecule has 1 saturated heterocycles. The number of fused-ring (bicyclic) bond motifs is 2. The van der Waals surface area contributed by atoms with Crippen molar-refractivity contribution >= 4 is 5.91 Å². The smallest absolute Gasteiger partial charge is 0.216 e. The van der Waals surface area contributed by atoms with Crippen LogP contribution in [0.4, 0.5) is 0 Å². The summed E-state index contributed by atoms with van der Waals surface area (Å²) in [7, 11) is 1.60. The lowest BCUT2D eigenvalue weighted by molar-refractivity contribution is -0.118. The molecule has 0 bridgehead atoms. The van der Waals surface area contributed by atoms with Crippen molar-refractivity contribution in [3.05, 3.63) is 35.4 Å². The van der Waals surface area contributed by atoms with Crippen molar-refractivity contribution in [2.75, 3.05) is 20.1 Å². The van der Waals surface area contributed by atoms with Crippen molar-refractivity contribution in [1.29, 1.82) is 0 Å². The van der Waals surface area contributed by atoms with Gasteiger partial charge in [0.1, 0.15) is 0 Å². The first-order valence-corrected chi connectivity index (χ1v) is 7.65. The van der Waals surface area contributed by atoms with Gasteiger partial charge in [-0.05, 0) is 61.7 Å². The van der Waals surface area contributed by atoms with Gasteiger partial charge in [0, 0.05) is 14.0 Å². The molecule has 1 spiro atoms. The summed E-state index contributed by atoms with van der Waals surface area (Å²) in [5.41, 5.74) is 3.81. The van der Waals surface area contributed by atoms with Gasteiger partial charge in [0.2, 0.25) is 5.91 Å². The first kappa shape index (κ1) is 15.0. The normalized spacial score (nSPS) is 19.5. The van der Waals surface area contributed by atoms with Gasteiger partial charge in [-0.3, -0.25) is 4.79 Å². The van der Waals surface area contributed by atoms with E-state index < -0.39 is 0 Å². The summed E-state index contributed by atoms with van der Waals surface area (Å²) in [6.45, 7) is 3.88. The highest BCUT2D eigenvalue weighted by Crippen LogP contribution is 2.43. The lowest BCUT2D eigenvalue weighted by Crippen LogP contribution is -2.41. The van der Waals surface area contributed by atoms with Gasteiger partial charge >= 0.3 is 0 Å². The Morgan fingerprint density at radius 2 is 1.85 bits per heavy atom. The molecule has 2 N–H and O–H groups in total. The maximum absolute atomic E-state index is 9.70. The third-order valence-corrected chi connectivity index (χ3v) is 4.60. The minimum absolute atomic E-state index is 0.00463. The number of carbonyl (C=O) groups excluding carboxylic acids is 1. The van der Waals surface area contributed by atoms with E-state index in [4.69, 9.17) is 0 Å². The minimum atomic E-state index is 0.00463. The molecule has 1 amide bonds. The van der Waals surface area contributed by atoms with Crippen LogP contribution in [0.25, 0.3) is 0 Å². The molecule has 1 fully saturated rings. The van der Waals surface area contributed by atoms with Crippen molar-refractivity contribution in [3.8, 4) is 0 Å². The van der Waals surface area contributed by atoms with Gasteiger partial charge in [-0.2, -0.15) is 0 Å². The van der Waals surface area contributed by atoms with E-state index in [0.717, 1.165) is 0 Å². The number of hydrogen-bond acceptors (Lipinski definition) is 2. The Bertz CT molecular complexity index is 450. The maximum Gasteiger partial charge on any atom is 0.216 e. The second kappa shape index (κ2) is 6.89. The van der Waals surface area contributed by atoms with E-state index in [1.807, 2.05) is 0 Å². The Morgan fingerprint density at radius 3 is 2.50 bits per heavy atom. The summed E-state index contributed by atoms with van der Waals surface area (Å²) >= 11 is 0. The molecule has 0 saturated carbocycles. The number of hydrogen-bond donors (Lipinski definition) is 2. The topological polar surface area (TPSA) is 41.1 Å². The van der Waals surface area contributed by atoms with Crippen LogP contribution in [-0.4, -0.2) is 26.0 Å². The fraction of sp³-hybridized carbons (Fsp3) is 0.588. The van der Waals surface area contributed by atoms with Crippen molar-refractivity contribution in [1.82, 2.24) is 10.6 Å². The molecule has 0 radical (unpaired) electrons. The van der Waals surface area contributed by atoms with E-state index in [1.54, 1.807) is 18.2 Å². The molecular formula is C17H26N2O. The minimum Gasteiger partial charge on any atom is -0.359 e. The highest BCUT2D eigenvalue weighted by molar-refractivity contribution is 5.72. The predicted octanol–water partition coefficient (Wildman–Crippen LogP) is 2.40. The molecular weight excluding hydrogens is 248 g/mol. The lowest BCUT2D eigenvalue weighted by atomic mass is 9.65. The van der Waals surface area contributed by atoms with Gasteiger partial charge in [0.05, 0.1) is 0 Å². The molecule has 3 heteroatoms. The second-order valence-corrected chi connectivity index (χ2v) is 5.85. The summed E-state index contributed by atoms with van der Waals surface area (Å²) in [5, 5.41) is 5.88. The molecule has 2 aliphatic rings. The summed E-state index contributed by atoms with van der Waals surface area (Å²) in [5.74, 6) is 0.00463. The number of carbonyl (C=O) groups is 1. The molecule has 20 heavy (non-hydrogen) atoms. The fourth-order valence-electron chi connectivity index (χ4n) is 3.43. The molecule has 1 aromatic carbocycles. The molecule has 1 heterocycles. The quantitative estimate of drug-likeness (QED) is 0.763. The van der Waals surface area contributed by atoms with Gasteiger partial charge in [0.25, 0.3) is 0 Å². The summed E-state index contributed by atoms with van der Waals surface area (Å²) in [6, 6.07) is 9.12. The largest absolute Gasteiger partial charge is 0.359 e. The standard InChI is InChI=1S/C14H19N.C3H7NO/c1-2-6-13-12(4-1)5-3-7-14(13)8-10-15-11-9-14;1-3(5)4-2/h1-2,4,6,15H,3,5,7-11H2;1-2H3,(H,4,5). The zero-order chi connectivity index (χ0) is 14.4. The average molecular weight is 274 g/mol. The van der Waals surface area contributed by atoms with Crippen LogP contribution in [0.2, 0.25) is 0 Å². The zero-order valence-electron chi connectivity index (χ0n) is 12.7. The van der Waals surface area contributed by atoms with Gasteiger partial charge in [-0.25, -0.2) is 0 Å². The SMILES string of the molecule is CNC(C)=O.c1ccc2c(c1)CCCC21CCNCC1. The molecule has 3 nitrogen and oxygen atoms in total. The van der Waals surface area contributed by atoms with Crippen molar-refractivity contribution in [2.45, 2.75) is 44.4 Å². The van der Waals surface area contributed by atoms with Gasteiger partial charge in [0.15, 0.2) is 0 Å². The molecule has 0 aromatic heterocycles. The monoisotopic (exact) mass is 274 g/mol. The molecule has 1 aromatic rings. The Balaban J connectivity index is 0.000000257. The molecule has 0 atom stereocenters. The Kier molecular flexibility index (Phi) is 5.18. The average Bonchev–Trinajstić information content (AvgIpc) is 2.49. The van der Waals surface area contributed by atoms with E-state index in [0.29, 0.717) is 5.41 Å². The van der Waals surface area contributed by atoms with Crippen LogP contribution < -0.4 is 10.6 Å². The number of piperidine rings is 1. The van der Waals surface area contributed by atoms with Crippen LogP contribution >= 0.6 is 0 Å². The fourth-order valence-corrected chi connectivity index (χ4v) is 3.43. The third-order valence-electron chi connectivity index (χ3n) is 4.60. The third kappa shape index (κ3) is 3.40. The molecule has 1 aliphatic carbocycles. The summed E-state index contributed by atoms with van der Waals surface area (Å²) in [4.78, 5) is 9.70. The van der Waals surface area contributed by atoms with Crippen LogP contribution in [0.5, 0.6) is 0 Å². The molecule has 3 rings (SSSR count). The van der Waals surface area contributed by atoms with Crippen LogP contribution in [0.3, 0.4) is 0 Å². The van der Waals surface area contributed by atoms with E-state index in [2.05, 4.69) is 34.9 Å². The highest BCUT2D eigenvalue weighted by atomic mass is 16.1. The lowest BCUT2D eigenvalue weighted by Gasteiger charge is -2.42. The molecule has 110 valence electrons. The number of rotatable bonds is 0. The van der Waals surface area contributed by atoms with Crippen LogP contribution in [-0.2, 0) is 16.6 Å². The van der Waals surface area contributed by atoms with Crippen molar-refractivity contribution in [3.63, 3.8) is 0 Å². The molecule has 0 unspecified atom stereocenters. The van der Waals surface area contributed by atoms with Crippen molar-refractivity contribution < 1.29 is 4.79 Å². The number of benzene rings is 1. The van der Waals surface area contributed by atoms with Crippen LogP contribution in [0.15, 0.2) is 24.3 Å². The molecule has 1 aliphatic heterocycles. The van der Waals surface area contributed by atoms with E-state index in [-0.39, 0.29) is 5.91 Å². The summed E-state index contributed by atoms with van der Waals surface area (Å²) < 4.78 is 0. The Labute approximate surface area is 122 Å².